The van der Waals surface area contributed by atoms with Crippen LogP contribution >= 0.6 is 23.2 Å². The van der Waals surface area contributed by atoms with Crippen molar-refractivity contribution >= 4 is 46.3 Å². The van der Waals surface area contributed by atoms with Crippen LogP contribution in [0, 0.1) is 0 Å². The van der Waals surface area contributed by atoms with Gasteiger partial charge in [0.1, 0.15) is 0 Å². The molecule has 0 saturated carbocycles. The lowest BCUT2D eigenvalue weighted by Gasteiger charge is -2.08. The SMILES string of the molecule is Clc1ccc(Nc2nncc(Nc3ccccc3)n2)c(Cl)c1. The standard InChI is InChI=1S/C15H11Cl2N5/c16-10-6-7-13(12(17)8-10)20-15-21-14(9-18-22-15)19-11-4-2-1-3-5-11/h1-9H,(H2,19,20,21,22). The van der Waals surface area contributed by atoms with Gasteiger partial charge in [-0.1, -0.05) is 41.4 Å². The number of hydrogen-bond acceptors (Lipinski definition) is 5. The molecule has 3 rings (SSSR count). The Balaban J connectivity index is 1.79. The van der Waals surface area contributed by atoms with Crippen molar-refractivity contribution in [2.75, 3.05) is 10.6 Å². The van der Waals surface area contributed by atoms with E-state index in [0.717, 1.165) is 5.69 Å². The van der Waals surface area contributed by atoms with Gasteiger partial charge < -0.3 is 10.6 Å². The highest BCUT2D eigenvalue weighted by molar-refractivity contribution is 6.36. The zero-order chi connectivity index (χ0) is 15.4. The molecule has 0 unspecified atom stereocenters. The normalized spacial score (nSPS) is 10.3. The summed E-state index contributed by atoms with van der Waals surface area (Å²) in [5.74, 6) is 0.916. The molecule has 0 radical (unpaired) electrons. The molecular formula is C15H11Cl2N5. The smallest absolute Gasteiger partial charge is 0.249 e. The Morgan fingerprint density at radius 1 is 0.909 bits per heavy atom. The first-order chi connectivity index (χ1) is 10.7. The number of para-hydroxylation sites is 1. The maximum Gasteiger partial charge on any atom is 0.249 e. The van der Waals surface area contributed by atoms with E-state index in [-0.39, 0.29) is 0 Å². The second-order valence-electron chi connectivity index (χ2n) is 4.41. The molecule has 2 aromatic carbocycles. The van der Waals surface area contributed by atoms with Gasteiger partial charge in [0.15, 0.2) is 5.82 Å². The van der Waals surface area contributed by atoms with Gasteiger partial charge >= 0.3 is 0 Å². The molecular weight excluding hydrogens is 321 g/mol. The molecule has 0 bridgehead atoms. The van der Waals surface area contributed by atoms with Crippen molar-refractivity contribution < 1.29 is 0 Å². The van der Waals surface area contributed by atoms with Crippen LogP contribution in [0.5, 0.6) is 0 Å². The van der Waals surface area contributed by atoms with Crippen molar-refractivity contribution in [2.24, 2.45) is 0 Å². The number of halogens is 2. The van der Waals surface area contributed by atoms with E-state index in [0.29, 0.717) is 27.5 Å². The fourth-order valence-electron chi connectivity index (χ4n) is 1.80. The van der Waals surface area contributed by atoms with Crippen LogP contribution in [0.25, 0.3) is 0 Å². The van der Waals surface area contributed by atoms with Crippen LogP contribution in [-0.2, 0) is 0 Å². The molecule has 0 saturated heterocycles. The van der Waals surface area contributed by atoms with Gasteiger partial charge in [0.25, 0.3) is 0 Å². The van der Waals surface area contributed by atoms with Crippen LogP contribution in [-0.4, -0.2) is 15.2 Å². The van der Waals surface area contributed by atoms with Crippen molar-refractivity contribution in [1.29, 1.82) is 0 Å². The average Bonchev–Trinajstić information content (AvgIpc) is 2.52. The number of aromatic nitrogens is 3. The third-order valence-corrected chi connectivity index (χ3v) is 3.33. The molecule has 0 aliphatic heterocycles. The Morgan fingerprint density at radius 2 is 1.73 bits per heavy atom. The molecule has 22 heavy (non-hydrogen) atoms. The fraction of sp³-hybridized carbons (Fsp3) is 0. The topological polar surface area (TPSA) is 62.7 Å². The zero-order valence-corrected chi connectivity index (χ0v) is 12.8. The maximum absolute atomic E-state index is 6.11. The lowest BCUT2D eigenvalue weighted by molar-refractivity contribution is 0.982. The highest BCUT2D eigenvalue weighted by Gasteiger charge is 2.05. The van der Waals surface area contributed by atoms with Gasteiger partial charge in [-0.3, -0.25) is 0 Å². The Bertz CT molecular complexity index is 780. The van der Waals surface area contributed by atoms with Crippen LogP contribution in [0.1, 0.15) is 0 Å². The number of rotatable bonds is 4. The quantitative estimate of drug-likeness (QED) is 0.727. The van der Waals surface area contributed by atoms with Crippen molar-refractivity contribution in [2.45, 2.75) is 0 Å². The summed E-state index contributed by atoms with van der Waals surface area (Å²) in [6.45, 7) is 0. The Hall–Kier alpha value is -2.37. The van der Waals surface area contributed by atoms with Gasteiger partial charge in [0.05, 0.1) is 16.9 Å². The average molecular weight is 332 g/mol. The number of nitrogens with one attached hydrogen (secondary N) is 2. The van der Waals surface area contributed by atoms with Crippen molar-refractivity contribution in [3.8, 4) is 0 Å². The van der Waals surface area contributed by atoms with Crippen LogP contribution < -0.4 is 10.6 Å². The van der Waals surface area contributed by atoms with E-state index >= 15 is 0 Å². The first kappa shape index (κ1) is 14.6. The van der Waals surface area contributed by atoms with E-state index in [1.54, 1.807) is 24.4 Å². The van der Waals surface area contributed by atoms with E-state index in [4.69, 9.17) is 23.2 Å². The van der Waals surface area contributed by atoms with Crippen LogP contribution in [0.2, 0.25) is 10.0 Å². The lowest BCUT2D eigenvalue weighted by Crippen LogP contribution is -2.02. The summed E-state index contributed by atoms with van der Waals surface area (Å²) in [6.07, 6.45) is 1.54. The predicted molar refractivity (Wildman–Crippen MR) is 89.3 cm³/mol. The van der Waals surface area contributed by atoms with Crippen molar-refractivity contribution in [3.05, 3.63) is 64.8 Å². The molecule has 0 fully saturated rings. The number of anilines is 4. The summed E-state index contributed by atoms with van der Waals surface area (Å²) in [6, 6.07) is 14.8. The minimum atomic E-state index is 0.338. The highest BCUT2D eigenvalue weighted by Crippen LogP contribution is 2.27. The van der Waals surface area contributed by atoms with E-state index in [9.17, 15) is 0 Å². The van der Waals surface area contributed by atoms with Crippen LogP contribution in [0.4, 0.5) is 23.1 Å². The number of benzene rings is 2. The lowest BCUT2D eigenvalue weighted by atomic mass is 10.3. The third kappa shape index (κ3) is 3.63. The molecule has 5 nitrogen and oxygen atoms in total. The summed E-state index contributed by atoms with van der Waals surface area (Å²) in [5.41, 5.74) is 1.57. The van der Waals surface area contributed by atoms with Crippen LogP contribution in [0.15, 0.2) is 54.7 Å². The third-order valence-electron chi connectivity index (χ3n) is 2.78. The molecule has 2 N–H and O–H groups in total. The summed E-state index contributed by atoms with van der Waals surface area (Å²) in [4.78, 5) is 4.34. The summed E-state index contributed by atoms with van der Waals surface area (Å²) in [7, 11) is 0. The molecule has 0 atom stereocenters. The summed E-state index contributed by atoms with van der Waals surface area (Å²) >= 11 is 12.0. The van der Waals surface area contributed by atoms with Gasteiger partial charge in [-0.2, -0.15) is 10.1 Å². The second-order valence-corrected chi connectivity index (χ2v) is 5.25. The molecule has 7 heteroatoms. The zero-order valence-electron chi connectivity index (χ0n) is 11.3. The molecule has 0 amide bonds. The van der Waals surface area contributed by atoms with E-state index in [1.165, 1.54) is 0 Å². The molecule has 3 aromatic rings. The number of hydrogen-bond donors (Lipinski definition) is 2. The highest BCUT2D eigenvalue weighted by atomic mass is 35.5. The fourth-order valence-corrected chi connectivity index (χ4v) is 2.25. The molecule has 0 spiro atoms. The van der Waals surface area contributed by atoms with Gasteiger partial charge in [0, 0.05) is 10.7 Å². The van der Waals surface area contributed by atoms with Crippen molar-refractivity contribution in [3.63, 3.8) is 0 Å². The van der Waals surface area contributed by atoms with E-state index in [2.05, 4.69) is 25.8 Å². The monoisotopic (exact) mass is 331 g/mol. The largest absolute Gasteiger partial charge is 0.339 e. The Labute approximate surface area is 137 Å². The molecule has 1 heterocycles. The second kappa shape index (κ2) is 6.60. The molecule has 0 aliphatic carbocycles. The van der Waals surface area contributed by atoms with Crippen molar-refractivity contribution in [1.82, 2.24) is 15.2 Å². The first-order valence-corrected chi connectivity index (χ1v) is 7.20. The Morgan fingerprint density at radius 3 is 2.50 bits per heavy atom. The predicted octanol–water partition coefficient (Wildman–Crippen LogP) is 4.67. The molecule has 0 aliphatic rings. The van der Waals surface area contributed by atoms with Gasteiger partial charge in [-0.05, 0) is 30.3 Å². The molecule has 1 aromatic heterocycles. The van der Waals surface area contributed by atoms with Gasteiger partial charge in [-0.25, -0.2) is 0 Å². The van der Waals surface area contributed by atoms with Gasteiger partial charge in [-0.15, -0.1) is 5.10 Å². The minimum absolute atomic E-state index is 0.338. The van der Waals surface area contributed by atoms with Crippen LogP contribution in [0.3, 0.4) is 0 Å². The van der Waals surface area contributed by atoms with Gasteiger partial charge in [0.2, 0.25) is 5.95 Å². The molecule has 110 valence electrons. The van der Waals surface area contributed by atoms with E-state index < -0.39 is 0 Å². The first-order valence-electron chi connectivity index (χ1n) is 6.44. The summed E-state index contributed by atoms with van der Waals surface area (Å²) in [5, 5.41) is 15.1. The minimum Gasteiger partial charge on any atom is -0.339 e. The maximum atomic E-state index is 6.11. The Kier molecular flexibility index (Phi) is 4.37. The summed E-state index contributed by atoms with van der Waals surface area (Å²) < 4.78 is 0. The number of nitrogens with zero attached hydrogens (tertiary/aromatic N) is 3. The van der Waals surface area contributed by atoms with E-state index in [1.807, 2.05) is 30.3 Å².